The van der Waals surface area contributed by atoms with Crippen LogP contribution in [0.3, 0.4) is 0 Å². The Kier molecular flexibility index (Phi) is 5.65. The van der Waals surface area contributed by atoms with Gasteiger partial charge in [0.2, 0.25) is 0 Å². The predicted molar refractivity (Wildman–Crippen MR) is 120 cm³/mol. The number of ether oxygens (including phenoxy) is 2. The maximum absolute atomic E-state index is 13.2. The van der Waals surface area contributed by atoms with E-state index < -0.39 is 17.4 Å². The molecule has 2 fully saturated rings. The van der Waals surface area contributed by atoms with Gasteiger partial charge in [-0.25, -0.2) is 4.79 Å². The Labute approximate surface area is 180 Å². The van der Waals surface area contributed by atoms with Gasteiger partial charge in [-0.1, -0.05) is 47.5 Å². The largest absolute Gasteiger partial charge is 0.510 e. The molecule has 3 heteroatoms. The second-order valence-electron chi connectivity index (χ2n) is 9.49. The van der Waals surface area contributed by atoms with E-state index in [1.165, 1.54) is 22.3 Å². The normalized spacial score (nSPS) is 19.6. The summed E-state index contributed by atoms with van der Waals surface area (Å²) >= 11 is 0. The van der Waals surface area contributed by atoms with Crippen molar-refractivity contribution < 1.29 is 14.3 Å². The van der Waals surface area contributed by atoms with E-state index >= 15 is 0 Å². The molecule has 2 aliphatic carbocycles. The minimum atomic E-state index is -0.559. The first-order chi connectivity index (χ1) is 14.3. The molecule has 160 valence electrons. The molecule has 0 aliphatic heterocycles. The summed E-state index contributed by atoms with van der Waals surface area (Å²) in [6.45, 7) is 8.43. The second-order valence-corrected chi connectivity index (χ2v) is 9.49. The maximum Gasteiger partial charge on any atom is 0.510 e. The van der Waals surface area contributed by atoms with Crippen LogP contribution in [0.15, 0.2) is 36.4 Å². The molecule has 0 bridgehead atoms. The molecule has 0 aromatic heterocycles. The highest BCUT2D eigenvalue weighted by Gasteiger charge is 2.45. The van der Waals surface area contributed by atoms with Crippen molar-refractivity contribution >= 4 is 6.16 Å². The van der Waals surface area contributed by atoms with Gasteiger partial charge in [-0.3, -0.25) is 0 Å². The van der Waals surface area contributed by atoms with Crippen LogP contribution >= 0.6 is 0 Å². The third-order valence-electron chi connectivity index (χ3n) is 7.13. The molecule has 0 amide bonds. The summed E-state index contributed by atoms with van der Waals surface area (Å²) in [7, 11) is 0. The zero-order valence-electron chi connectivity index (χ0n) is 18.8. The summed E-state index contributed by atoms with van der Waals surface area (Å²) in [4.78, 5) is 13.2. The topological polar surface area (TPSA) is 35.5 Å². The molecule has 0 atom stereocenters. The molecule has 2 aromatic carbocycles. The van der Waals surface area contributed by atoms with Crippen molar-refractivity contribution in [1.29, 1.82) is 0 Å². The van der Waals surface area contributed by atoms with Gasteiger partial charge in [0, 0.05) is 0 Å². The molecule has 2 saturated carbocycles. The van der Waals surface area contributed by atoms with Gasteiger partial charge in [0.05, 0.1) is 0 Å². The standard InChI is InChI=1S/C27H34O3/c1-19-9-11-23(21(3)17-19)26(13-5-6-14-26)29-25(28)30-27(15-7-8-16-27)24-12-10-20(2)18-22(24)4/h9-12,17-18H,5-8,13-16H2,1-4H3. The van der Waals surface area contributed by atoms with Gasteiger partial charge in [-0.2, -0.15) is 0 Å². The molecule has 4 rings (SSSR count). The van der Waals surface area contributed by atoms with Crippen LogP contribution < -0.4 is 0 Å². The number of carbonyl (C=O) groups is 1. The van der Waals surface area contributed by atoms with Crippen molar-refractivity contribution in [3.63, 3.8) is 0 Å². The summed E-state index contributed by atoms with van der Waals surface area (Å²) < 4.78 is 12.4. The Bertz CT molecular complexity index is 856. The highest BCUT2D eigenvalue weighted by Crippen LogP contribution is 2.47. The molecule has 0 spiro atoms. The predicted octanol–water partition coefficient (Wildman–Crippen LogP) is 7.31. The van der Waals surface area contributed by atoms with E-state index in [1.807, 2.05) is 0 Å². The molecule has 2 aromatic rings. The summed E-state index contributed by atoms with van der Waals surface area (Å²) in [6, 6.07) is 12.9. The number of benzene rings is 2. The minimum Gasteiger partial charge on any atom is -0.423 e. The van der Waals surface area contributed by atoms with Gasteiger partial charge in [-0.05, 0) is 101 Å². The fourth-order valence-corrected chi connectivity index (χ4v) is 5.73. The quantitative estimate of drug-likeness (QED) is 0.499. The number of rotatable bonds is 4. The molecular formula is C27H34O3. The first-order valence-corrected chi connectivity index (χ1v) is 11.4. The van der Waals surface area contributed by atoms with Gasteiger partial charge in [0.15, 0.2) is 0 Å². The summed E-state index contributed by atoms with van der Waals surface area (Å²) in [5, 5.41) is 0. The molecule has 2 aliphatic rings. The van der Waals surface area contributed by atoms with Crippen LogP contribution in [0.2, 0.25) is 0 Å². The number of carbonyl (C=O) groups excluding carboxylic acids is 1. The third kappa shape index (κ3) is 3.87. The Balaban J connectivity index is 1.61. The van der Waals surface area contributed by atoms with E-state index in [9.17, 15) is 4.79 Å². The molecule has 0 saturated heterocycles. The summed E-state index contributed by atoms with van der Waals surface area (Å²) in [5.74, 6) is 0. The summed E-state index contributed by atoms with van der Waals surface area (Å²) in [5.41, 5.74) is 5.99. The SMILES string of the molecule is Cc1ccc(C2(OC(=O)OC3(c4ccc(C)cc4C)CCCC3)CCCC2)c(C)c1. The van der Waals surface area contributed by atoms with E-state index in [0.29, 0.717) is 0 Å². The van der Waals surface area contributed by atoms with Crippen molar-refractivity contribution in [2.75, 3.05) is 0 Å². The van der Waals surface area contributed by atoms with Crippen molar-refractivity contribution in [1.82, 2.24) is 0 Å². The highest BCUT2D eigenvalue weighted by molar-refractivity contribution is 5.63. The van der Waals surface area contributed by atoms with Crippen LogP contribution in [0.5, 0.6) is 0 Å². The number of aryl methyl sites for hydroxylation is 4. The number of hydrogen-bond donors (Lipinski definition) is 0. The molecule has 0 N–H and O–H groups in total. The van der Waals surface area contributed by atoms with Crippen molar-refractivity contribution in [2.45, 2.75) is 90.3 Å². The average Bonchev–Trinajstić information content (AvgIpc) is 3.32. The Hall–Kier alpha value is -2.29. The molecule has 0 unspecified atom stereocenters. The fraction of sp³-hybridized carbons (Fsp3) is 0.519. The van der Waals surface area contributed by atoms with Gasteiger partial charge < -0.3 is 9.47 Å². The first kappa shape index (κ1) is 21.0. The summed E-state index contributed by atoms with van der Waals surface area (Å²) in [6.07, 6.45) is 7.23. The van der Waals surface area contributed by atoms with Crippen LogP contribution in [0.25, 0.3) is 0 Å². The Morgan fingerprint density at radius 1 is 0.667 bits per heavy atom. The van der Waals surface area contributed by atoms with E-state index in [0.717, 1.165) is 62.5 Å². The molecule has 0 radical (unpaired) electrons. The molecule has 0 heterocycles. The Morgan fingerprint density at radius 2 is 1.03 bits per heavy atom. The van der Waals surface area contributed by atoms with Crippen LogP contribution in [-0.2, 0) is 20.7 Å². The van der Waals surface area contributed by atoms with Crippen molar-refractivity contribution in [3.8, 4) is 0 Å². The fourth-order valence-electron chi connectivity index (χ4n) is 5.73. The van der Waals surface area contributed by atoms with Gasteiger partial charge >= 0.3 is 6.16 Å². The Morgan fingerprint density at radius 3 is 1.37 bits per heavy atom. The molecular weight excluding hydrogens is 372 g/mol. The average molecular weight is 407 g/mol. The third-order valence-corrected chi connectivity index (χ3v) is 7.13. The maximum atomic E-state index is 13.2. The first-order valence-electron chi connectivity index (χ1n) is 11.4. The van der Waals surface area contributed by atoms with Gasteiger partial charge in [0.25, 0.3) is 0 Å². The highest BCUT2D eigenvalue weighted by atomic mass is 16.7. The van der Waals surface area contributed by atoms with Crippen molar-refractivity contribution in [2.24, 2.45) is 0 Å². The van der Waals surface area contributed by atoms with Gasteiger partial charge in [0.1, 0.15) is 11.2 Å². The smallest absolute Gasteiger partial charge is 0.423 e. The lowest BCUT2D eigenvalue weighted by molar-refractivity contribution is -0.0839. The van der Waals surface area contributed by atoms with Crippen LogP contribution in [0.4, 0.5) is 4.79 Å². The lowest BCUT2D eigenvalue weighted by Gasteiger charge is -2.35. The monoisotopic (exact) mass is 406 g/mol. The molecule has 30 heavy (non-hydrogen) atoms. The van der Waals surface area contributed by atoms with Gasteiger partial charge in [-0.15, -0.1) is 0 Å². The van der Waals surface area contributed by atoms with E-state index in [-0.39, 0.29) is 0 Å². The van der Waals surface area contributed by atoms with Crippen molar-refractivity contribution in [3.05, 3.63) is 69.8 Å². The van der Waals surface area contributed by atoms with E-state index in [1.54, 1.807) is 0 Å². The van der Waals surface area contributed by atoms with E-state index in [4.69, 9.17) is 9.47 Å². The van der Waals surface area contributed by atoms with Crippen LogP contribution in [-0.4, -0.2) is 6.16 Å². The minimum absolute atomic E-state index is 0.515. The molecule has 3 nitrogen and oxygen atoms in total. The number of hydrogen-bond acceptors (Lipinski definition) is 3. The van der Waals surface area contributed by atoms with Crippen LogP contribution in [0, 0.1) is 27.7 Å². The lowest BCUT2D eigenvalue weighted by Crippen LogP contribution is -2.36. The zero-order chi connectivity index (χ0) is 21.4. The second kappa shape index (κ2) is 8.09. The van der Waals surface area contributed by atoms with Crippen LogP contribution in [0.1, 0.15) is 84.7 Å². The zero-order valence-corrected chi connectivity index (χ0v) is 18.8. The van der Waals surface area contributed by atoms with E-state index in [2.05, 4.69) is 64.1 Å². The lowest BCUT2D eigenvalue weighted by atomic mass is 9.87.